The predicted octanol–water partition coefficient (Wildman–Crippen LogP) is 2.13. The summed E-state index contributed by atoms with van der Waals surface area (Å²) in [5.74, 6) is -1.74. The van der Waals surface area contributed by atoms with Gasteiger partial charge in [0.15, 0.2) is 0 Å². The van der Waals surface area contributed by atoms with Crippen LogP contribution in [0.4, 0.5) is 5.82 Å². The van der Waals surface area contributed by atoms with E-state index in [1.807, 2.05) is 31.2 Å². The van der Waals surface area contributed by atoms with E-state index in [2.05, 4.69) is 25.7 Å². The standard InChI is InChI=1S/C22H24N6O3/c1-13-7-9-15(10-8-13)12-23-20(30)21(31)25-18-11-14(2)27-28(18)22-24-17-6-4-3-5-16(17)19(29)26-22/h7-11,16H,3-6,12H2,1-2H3,(H,23,30)(H,25,31). The highest BCUT2D eigenvalue weighted by atomic mass is 16.2. The molecule has 0 bridgehead atoms. The molecule has 9 nitrogen and oxygen atoms in total. The molecule has 4 rings (SSSR count). The Morgan fingerprint density at radius 3 is 2.65 bits per heavy atom. The van der Waals surface area contributed by atoms with Crippen molar-refractivity contribution in [3.8, 4) is 0 Å². The van der Waals surface area contributed by atoms with Gasteiger partial charge in [0.05, 0.1) is 11.6 Å². The Bertz CT molecular complexity index is 1100. The number of amides is 3. The van der Waals surface area contributed by atoms with E-state index >= 15 is 0 Å². The number of carbonyl (C=O) groups is 3. The number of hydrogen-bond donors (Lipinski definition) is 2. The molecular formula is C22H24N6O3. The van der Waals surface area contributed by atoms with Crippen molar-refractivity contribution in [2.75, 3.05) is 5.32 Å². The summed E-state index contributed by atoms with van der Waals surface area (Å²) >= 11 is 0. The molecular weight excluding hydrogens is 396 g/mol. The maximum Gasteiger partial charge on any atom is 0.314 e. The minimum atomic E-state index is -0.834. The molecule has 160 valence electrons. The van der Waals surface area contributed by atoms with E-state index in [0.29, 0.717) is 5.69 Å². The van der Waals surface area contributed by atoms with Gasteiger partial charge < -0.3 is 10.6 Å². The SMILES string of the molecule is Cc1ccc(CNC(=O)C(=O)Nc2cc(C)nn2C2=NC(=O)C3CCCCC3=N2)cc1. The highest BCUT2D eigenvalue weighted by Gasteiger charge is 2.32. The van der Waals surface area contributed by atoms with Gasteiger partial charge in [0.2, 0.25) is 0 Å². The van der Waals surface area contributed by atoms with E-state index in [0.717, 1.165) is 42.5 Å². The second-order valence-corrected chi connectivity index (χ2v) is 7.86. The number of rotatable bonds is 3. The average molecular weight is 420 g/mol. The van der Waals surface area contributed by atoms with Crippen LogP contribution < -0.4 is 10.6 Å². The monoisotopic (exact) mass is 420 g/mol. The van der Waals surface area contributed by atoms with Gasteiger partial charge in [-0.3, -0.25) is 14.4 Å². The van der Waals surface area contributed by atoms with Crippen molar-refractivity contribution in [1.82, 2.24) is 15.1 Å². The molecule has 1 aliphatic carbocycles. The molecule has 31 heavy (non-hydrogen) atoms. The lowest BCUT2D eigenvalue weighted by Gasteiger charge is -2.24. The molecule has 1 aromatic heterocycles. The fourth-order valence-electron chi connectivity index (χ4n) is 3.70. The Morgan fingerprint density at radius 2 is 1.87 bits per heavy atom. The number of nitrogens with one attached hydrogen (secondary N) is 2. The maximum absolute atomic E-state index is 12.4. The fourth-order valence-corrected chi connectivity index (χ4v) is 3.70. The molecule has 2 heterocycles. The molecule has 9 heteroatoms. The minimum absolute atomic E-state index is 0.113. The minimum Gasteiger partial charge on any atom is -0.344 e. The van der Waals surface area contributed by atoms with E-state index in [1.54, 1.807) is 13.0 Å². The Morgan fingerprint density at radius 1 is 1.10 bits per heavy atom. The van der Waals surface area contributed by atoms with Gasteiger partial charge in [-0.1, -0.05) is 36.2 Å². The fraction of sp³-hybridized carbons (Fsp3) is 0.364. The molecule has 1 saturated carbocycles. The smallest absolute Gasteiger partial charge is 0.314 e. The molecule has 2 aromatic rings. The Hall–Kier alpha value is -3.62. The summed E-state index contributed by atoms with van der Waals surface area (Å²) in [5.41, 5.74) is 3.41. The second-order valence-electron chi connectivity index (χ2n) is 7.86. The molecule has 1 atom stereocenters. The summed E-state index contributed by atoms with van der Waals surface area (Å²) < 4.78 is 1.30. The second kappa shape index (κ2) is 8.63. The van der Waals surface area contributed by atoms with Crippen molar-refractivity contribution in [2.24, 2.45) is 15.9 Å². The maximum atomic E-state index is 12.4. The van der Waals surface area contributed by atoms with Crippen LogP contribution in [0.15, 0.2) is 40.3 Å². The summed E-state index contributed by atoms with van der Waals surface area (Å²) in [7, 11) is 0. The first-order valence-electron chi connectivity index (χ1n) is 10.3. The molecule has 1 aliphatic heterocycles. The van der Waals surface area contributed by atoms with E-state index in [9.17, 15) is 14.4 Å². The number of aliphatic imine (C=N–C) groups is 2. The predicted molar refractivity (Wildman–Crippen MR) is 116 cm³/mol. The number of aromatic nitrogens is 2. The van der Waals surface area contributed by atoms with Gasteiger partial charge in [0, 0.05) is 18.3 Å². The number of anilines is 1. The number of carbonyl (C=O) groups excluding carboxylic acids is 3. The van der Waals surface area contributed by atoms with Crippen LogP contribution in [0.2, 0.25) is 0 Å². The summed E-state index contributed by atoms with van der Waals surface area (Å²) in [4.78, 5) is 45.7. The zero-order valence-electron chi connectivity index (χ0n) is 17.5. The topological polar surface area (TPSA) is 118 Å². The lowest BCUT2D eigenvalue weighted by atomic mass is 9.86. The first-order valence-corrected chi connectivity index (χ1v) is 10.3. The lowest BCUT2D eigenvalue weighted by Crippen LogP contribution is -2.37. The van der Waals surface area contributed by atoms with Gasteiger partial charge in [-0.15, -0.1) is 0 Å². The Labute approximate surface area is 179 Å². The molecule has 0 saturated heterocycles. The van der Waals surface area contributed by atoms with Crippen LogP contribution in [0.25, 0.3) is 0 Å². The first kappa shape index (κ1) is 20.6. The zero-order chi connectivity index (χ0) is 22.0. The van der Waals surface area contributed by atoms with Crippen molar-refractivity contribution < 1.29 is 14.4 Å². The third kappa shape index (κ3) is 4.60. The third-order valence-electron chi connectivity index (χ3n) is 5.37. The molecule has 0 spiro atoms. The number of aryl methyl sites for hydroxylation is 2. The first-order chi connectivity index (χ1) is 14.9. The van der Waals surface area contributed by atoms with Crippen molar-refractivity contribution >= 4 is 35.2 Å². The van der Waals surface area contributed by atoms with Crippen LogP contribution in [-0.2, 0) is 20.9 Å². The molecule has 1 fully saturated rings. The van der Waals surface area contributed by atoms with Crippen molar-refractivity contribution in [3.05, 3.63) is 47.2 Å². The summed E-state index contributed by atoms with van der Waals surface area (Å²) in [5, 5.41) is 9.45. The number of nitrogens with zero attached hydrogens (tertiary/aromatic N) is 4. The van der Waals surface area contributed by atoms with Crippen LogP contribution in [0.3, 0.4) is 0 Å². The highest BCUT2D eigenvalue weighted by Crippen LogP contribution is 2.26. The number of fused-ring (bicyclic) bond motifs is 1. The molecule has 3 amide bonds. The van der Waals surface area contributed by atoms with Gasteiger partial charge in [-0.25, -0.2) is 4.99 Å². The van der Waals surface area contributed by atoms with Crippen molar-refractivity contribution in [1.29, 1.82) is 0 Å². The summed E-state index contributed by atoms with van der Waals surface area (Å²) in [6, 6.07) is 9.26. The van der Waals surface area contributed by atoms with Gasteiger partial charge >= 0.3 is 11.8 Å². The van der Waals surface area contributed by atoms with Crippen LogP contribution in [0.5, 0.6) is 0 Å². The largest absolute Gasteiger partial charge is 0.344 e. The lowest BCUT2D eigenvalue weighted by molar-refractivity contribution is -0.136. The summed E-state index contributed by atoms with van der Waals surface area (Å²) in [6.07, 6.45) is 3.48. The van der Waals surface area contributed by atoms with Gasteiger partial charge in [-0.05, 0) is 38.7 Å². The van der Waals surface area contributed by atoms with Crippen LogP contribution in [0.1, 0.15) is 42.5 Å². The number of hydrogen-bond acceptors (Lipinski definition) is 5. The highest BCUT2D eigenvalue weighted by molar-refractivity contribution is 6.39. The van der Waals surface area contributed by atoms with Gasteiger partial charge in [0.25, 0.3) is 11.9 Å². The average Bonchev–Trinajstić information content (AvgIpc) is 3.13. The quantitative estimate of drug-likeness (QED) is 0.740. The van der Waals surface area contributed by atoms with E-state index in [-0.39, 0.29) is 30.1 Å². The Balaban J connectivity index is 1.46. The van der Waals surface area contributed by atoms with E-state index in [1.165, 1.54) is 4.68 Å². The molecule has 2 N–H and O–H groups in total. The van der Waals surface area contributed by atoms with Gasteiger partial charge in [-0.2, -0.15) is 14.8 Å². The van der Waals surface area contributed by atoms with Crippen LogP contribution in [-0.4, -0.2) is 39.2 Å². The number of benzene rings is 1. The zero-order valence-corrected chi connectivity index (χ0v) is 17.5. The normalized spacial score (nSPS) is 18.0. The van der Waals surface area contributed by atoms with Crippen LogP contribution in [0, 0.1) is 19.8 Å². The van der Waals surface area contributed by atoms with Crippen molar-refractivity contribution in [3.63, 3.8) is 0 Å². The van der Waals surface area contributed by atoms with E-state index < -0.39 is 11.8 Å². The molecule has 0 radical (unpaired) electrons. The molecule has 1 unspecified atom stereocenters. The third-order valence-corrected chi connectivity index (χ3v) is 5.37. The van der Waals surface area contributed by atoms with Crippen molar-refractivity contribution in [2.45, 2.75) is 46.1 Å². The molecule has 1 aromatic carbocycles. The van der Waals surface area contributed by atoms with Gasteiger partial charge in [0.1, 0.15) is 5.82 Å². The summed E-state index contributed by atoms with van der Waals surface area (Å²) in [6.45, 7) is 3.96. The molecule has 2 aliphatic rings. The van der Waals surface area contributed by atoms with E-state index in [4.69, 9.17) is 0 Å². The Kier molecular flexibility index (Phi) is 5.75. The van der Waals surface area contributed by atoms with Crippen LogP contribution >= 0.6 is 0 Å².